The molecular formula is C11H24FNO. The van der Waals surface area contributed by atoms with Gasteiger partial charge >= 0.3 is 0 Å². The minimum Gasteiger partial charge on any atom is -0.385 e. The fourth-order valence-corrected chi connectivity index (χ4v) is 1.77. The van der Waals surface area contributed by atoms with Gasteiger partial charge in [0.05, 0.1) is 0 Å². The number of ether oxygens (including phenoxy) is 1. The summed E-state index contributed by atoms with van der Waals surface area (Å²) in [4.78, 5) is 0. The number of halogens is 1. The lowest BCUT2D eigenvalue weighted by molar-refractivity contribution is -0.0236. The van der Waals surface area contributed by atoms with Crippen molar-refractivity contribution >= 4 is 0 Å². The molecule has 0 radical (unpaired) electrons. The molecule has 0 spiro atoms. The summed E-state index contributed by atoms with van der Waals surface area (Å²) >= 11 is 0. The highest BCUT2D eigenvalue weighted by atomic mass is 19.1. The van der Waals surface area contributed by atoms with Crippen LogP contribution in [0.5, 0.6) is 0 Å². The molecule has 2 unspecified atom stereocenters. The molecule has 0 saturated heterocycles. The normalized spacial score (nSPS) is 19.1. The topological polar surface area (TPSA) is 35.2 Å². The number of hydrogen-bond donors (Lipinski definition) is 1. The van der Waals surface area contributed by atoms with Gasteiger partial charge in [-0.1, -0.05) is 27.7 Å². The largest absolute Gasteiger partial charge is 0.385 e. The van der Waals surface area contributed by atoms with Crippen LogP contribution in [0.2, 0.25) is 0 Å². The molecule has 2 nitrogen and oxygen atoms in total. The maximum atomic E-state index is 14.6. The van der Waals surface area contributed by atoms with Gasteiger partial charge < -0.3 is 10.5 Å². The van der Waals surface area contributed by atoms with E-state index in [-0.39, 0.29) is 12.5 Å². The molecule has 2 atom stereocenters. The van der Waals surface area contributed by atoms with Crippen LogP contribution in [0.25, 0.3) is 0 Å². The predicted octanol–water partition coefficient (Wildman–Crippen LogP) is 2.37. The minimum absolute atomic E-state index is 0.0708. The van der Waals surface area contributed by atoms with Crippen LogP contribution in [-0.2, 0) is 4.74 Å². The van der Waals surface area contributed by atoms with Gasteiger partial charge in [0, 0.05) is 20.3 Å². The van der Waals surface area contributed by atoms with E-state index in [1.807, 2.05) is 27.7 Å². The van der Waals surface area contributed by atoms with Crippen LogP contribution in [0, 0.1) is 11.3 Å². The van der Waals surface area contributed by atoms with Gasteiger partial charge in [-0.2, -0.15) is 0 Å². The first-order valence-electron chi connectivity index (χ1n) is 5.17. The van der Waals surface area contributed by atoms with Gasteiger partial charge in [0.1, 0.15) is 5.67 Å². The minimum atomic E-state index is -1.31. The van der Waals surface area contributed by atoms with Gasteiger partial charge in [-0.15, -0.1) is 0 Å². The van der Waals surface area contributed by atoms with Gasteiger partial charge in [0.15, 0.2) is 0 Å². The Morgan fingerprint density at radius 1 is 1.36 bits per heavy atom. The Morgan fingerprint density at radius 3 is 2.14 bits per heavy atom. The molecule has 3 heteroatoms. The number of alkyl halides is 1. The maximum absolute atomic E-state index is 14.6. The van der Waals surface area contributed by atoms with Gasteiger partial charge in [-0.05, 0) is 17.8 Å². The Balaban J connectivity index is 4.51. The Bertz CT molecular complexity index is 167. The molecule has 0 aliphatic heterocycles. The third-order valence-corrected chi connectivity index (χ3v) is 3.08. The lowest BCUT2D eigenvalue weighted by Gasteiger charge is -2.41. The molecule has 0 aliphatic carbocycles. The molecule has 0 fully saturated rings. The van der Waals surface area contributed by atoms with Crippen LogP contribution < -0.4 is 5.73 Å². The molecular weight excluding hydrogens is 181 g/mol. The zero-order valence-electron chi connectivity index (χ0n) is 10.1. The molecule has 86 valence electrons. The molecule has 0 bridgehead atoms. The van der Waals surface area contributed by atoms with E-state index >= 15 is 0 Å². The van der Waals surface area contributed by atoms with Crippen LogP contribution in [0.1, 0.15) is 34.1 Å². The van der Waals surface area contributed by atoms with Crippen molar-refractivity contribution in [2.24, 2.45) is 17.1 Å². The van der Waals surface area contributed by atoms with Crippen LogP contribution >= 0.6 is 0 Å². The number of methoxy groups -OCH3 is 1. The zero-order chi connectivity index (χ0) is 11.4. The highest BCUT2D eigenvalue weighted by Gasteiger charge is 2.45. The average molecular weight is 205 g/mol. The summed E-state index contributed by atoms with van der Waals surface area (Å²) in [6.07, 6.45) is 0.710. The third-order valence-electron chi connectivity index (χ3n) is 3.08. The number of hydrogen-bond acceptors (Lipinski definition) is 2. The molecule has 0 heterocycles. The van der Waals surface area contributed by atoms with E-state index in [0.29, 0.717) is 13.0 Å². The van der Waals surface area contributed by atoms with Crippen LogP contribution in [0.3, 0.4) is 0 Å². The van der Waals surface area contributed by atoms with Gasteiger partial charge in [-0.3, -0.25) is 0 Å². The summed E-state index contributed by atoms with van der Waals surface area (Å²) in [7, 11) is 1.63. The van der Waals surface area contributed by atoms with Crippen molar-refractivity contribution in [2.75, 3.05) is 20.3 Å². The second-order valence-electron chi connectivity index (χ2n) is 5.00. The summed E-state index contributed by atoms with van der Waals surface area (Å²) < 4.78 is 19.5. The van der Waals surface area contributed by atoms with E-state index in [0.717, 1.165) is 0 Å². The number of nitrogens with two attached hydrogens (primary N) is 1. The molecule has 0 aliphatic rings. The van der Waals surface area contributed by atoms with Crippen LogP contribution in [-0.4, -0.2) is 25.9 Å². The van der Waals surface area contributed by atoms with E-state index in [1.165, 1.54) is 0 Å². The summed E-state index contributed by atoms with van der Waals surface area (Å²) in [5.74, 6) is -0.0764. The van der Waals surface area contributed by atoms with Crippen molar-refractivity contribution in [1.82, 2.24) is 0 Å². The van der Waals surface area contributed by atoms with Gasteiger partial charge in [0.2, 0.25) is 0 Å². The summed E-state index contributed by atoms with van der Waals surface area (Å²) in [6.45, 7) is 8.23. The second-order valence-corrected chi connectivity index (χ2v) is 5.00. The fourth-order valence-electron chi connectivity index (χ4n) is 1.77. The lowest BCUT2D eigenvalue weighted by atomic mass is 9.70. The van der Waals surface area contributed by atoms with Gasteiger partial charge in [-0.25, -0.2) is 4.39 Å². The maximum Gasteiger partial charge on any atom is 0.130 e. The Morgan fingerprint density at radius 2 is 1.86 bits per heavy atom. The first-order chi connectivity index (χ1) is 6.29. The van der Waals surface area contributed by atoms with Crippen molar-refractivity contribution in [1.29, 1.82) is 0 Å². The van der Waals surface area contributed by atoms with Crippen molar-refractivity contribution < 1.29 is 9.13 Å². The zero-order valence-corrected chi connectivity index (χ0v) is 10.1. The van der Waals surface area contributed by atoms with E-state index in [1.54, 1.807) is 7.11 Å². The molecule has 0 aromatic heterocycles. The SMILES string of the molecule is COCCC(C)C(F)(CN)C(C)(C)C. The van der Waals surface area contributed by atoms with E-state index in [2.05, 4.69) is 0 Å². The number of rotatable bonds is 5. The van der Waals surface area contributed by atoms with Crippen LogP contribution in [0.15, 0.2) is 0 Å². The second kappa shape index (κ2) is 5.08. The summed E-state index contributed by atoms with van der Waals surface area (Å²) in [5.41, 5.74) is 3.81. The quantitative estimate of drug-likeness (QED) is 0.748. The Labute approximate surface area is 87.0 Å². The third kappa shape index (κ3) is 2.92. The molecule has 0 amide bonds. The first kappa shape index (κ1) is 13.8. The summed E-state index contributed by atoms with van der Waals surface area (Å²) in [6, 6.07) is 0. The highest BCUT2D eigenvalue weighted by molar-refractivity contribution is 4.95. The highest BCUT2D eigenvalue weighted by Crippen LogP contribution is 2.40. The Kier molecular flexibility index (Phi) is 5.02. The molecule has 0 aromatic rings. The lowest BCUT2D eigenvalue weighted by Crippen LogP contribution is -2.50. The van der Waals surface area contributed by atoms with E-state index < -0.39 is 11.1 Å². The monoisotopic (exact) mass is 205 g/mol. The van der Waals surface area contributed by atoms with Gasteiger partial charge in [0.25, 0.3) is 0 Å². The van der Waals surface area contributed by atoms with E-state index in [9.17, 15) is 4.39 Å². The molecule has 2 N–H and O–H groups in total. The smallest absolute Gasteiger partial charge is 0.130 e. The Hall–Kier alpha value is -0.150. The first-order valence-corrected chi connectivity index (χ1v) is 5.17. The van der Waals surface area contributed by atoms with Crippen molar-refractivity contribution in [3.05, 3.63) is 0 Å². The molecule has 14 heavy (non-hydrogen) atoms. The van der Waals surface area contributed by atoms with Crippen molar-refractivity contribution in [3.63, 3.8) is 0 Å². The standard InChI is InChI=1S/C11H24FNO/c1-9(6-7-14-5)11(12,8-13)10(2,3)4/h9H,6-8,13H2,1-5H3. The van der Waals surface area contributed by atoms with Crippen LogP contribution in [0.4, 0.5) is 4.39 Å². The summed E-state index contributed by atoms with van der Waals surface area (Å²) in [5, 5.41) is 0. The molecule has 0 saturated carbocycles. The fraction of sp³-hybridized carbons (Fsp3) is 1.00. The molecule has 0 rings (SSSR count). The van der Waals surface area contributed by atoms with E-state index in [4.69, 9.17) is 10.5 Å². The van der Waals surface area contributed by atoms with Crippen molar-refractivity contribution in [2.45, 2.75) is 39.8 Å². The molecule has 0 aromatic carbocycles. The predicted molar refractivity (Wildman–Crippen MR) is 58.0 cm³/mol. The van der Waals surface area contributed by atoms with Crippen molar-refractivity contribution in [3.8, 4) is 0 Å². The average Bonchev–Trinajstić information content (AvgIpc) is 2.10.